The lowest BCUT2D eigenvalue weighted by Gasteiger charge is -2.35. The number of ether oxygens (including phenoxy) is 2. The molecule has 10 heteroatoms. The second-order valence-electron chi connectivity index (χ2n) is 9.62. The Balaban J connectivity index is 1.93. The number of amides is 1. The molecule has 0 aliphatic rings. The number of rotatable bonds is 10. The smallest absolute Gasteiger partial charge is 0.416 e. The van der Waals surface area contributed by atoms with Gasteiger partial charge in [0.05, 0.1) is 18.3 Å². The number of pyridine rings is 1. The number of halogens is 3. The molecule has 1 heterocycles. The van der Waals surface area contributed by atoms with Crippen LogP contribution in [-0.4, -0.2) is 23.6 Å². The summed E-state index contributed by atoms with van der Waals surface area (Å²) in [5.41, 5.74) is 10.0. The third-order valence-electron chi connectivity index (χ3n) is 6.45. The fraction of sp³-hybridized carbons (Fsp3) is 0.267. The topological polar surface area (TPSA) is 112 Å². The molecule has 1 aromatic heterocycles. The summed E-state index contributed by atoms with van der Waals surface area (Å²) in [5, 5.41) is 4.59. The third-order valence-corrected chi connectivity index (χ3v) is 6.45. The van der Waals surface area contributed by atoms with E-state index in [-0.39, 0.29) is 11.7 Å². The molecular formula is C30H31F3N4O3. The van der Waals surface area contributed by atoms with Crippen LogP contribution in [0, 0.1) is 0 Å². The molecule has 0 radical (unpaired) electrons. The Kier molecular flexibility index (Phi) is 8.08. The van der Waals surface area contributed by atoms with Crippen molar-refractivity contribution in [3.63, 3.8) is 0 Å². The highest BCUT2D eigenvalue weighted by atomic mass is 19.4. The van der Waals surface area contributed by atoms with Crippen LogP contribution < -0.4 is 26.3 Å². The molecule has 1 atom stereocenters. The Labute approximate surface area is 230 Å². The summed E-state index contributed by atoms with van der Waals surface area (Å²) >= 11 is 0. The number of hydrogen-bond donors (Lipinski definition) is 3. The van der Waals surface area contributed by atoms with Gasteiger partial charge in [0.1, 0.15) is 11.4 Å². The van der Waals surface area contributed by atoms with Gasteiger partial charge in [-0.05, 0) is 79.7 Å². The molecule has 0 aliphatic carbocycles. The number of primary amides is 1. The third kappa shape index (κ3) is 5.90. The first-order valence-corrected chi connectivity index (χ1v) is 12.8. The van der Waals surface area contributed by atoms with Gasteiger partial charge in [0.2, 0.25) is 5.91 Å². The molecule has 7 nitrogen and oxygen atoms in total. The summed E-state index contributed by atoms with van der Waals surface area (Å²) < 4.78 is 53.7. The van der Waals surface area contributed by atoms with Crippen molar-refractivity contribution in [2.24, 2.45) is 5.73 Å². The highest BCUT2D eigenvalue weighted by molar-refractivity contribution is 5.95. The van der Waals surface area contributed by atoms with Crippen molar-refractivity contribution in [2.75, 3.05) is 17.7 Å². The van der Waals surface area contributed by atoms with Crippen molar-refractivity contribution < 1.29 is 27.4 Å². The second-order valence-corrected chi connectivity index (χ2v) is 9.62. The number of aromatic nitrogens is 1. The second kappa shape index (κ2) is 11.3. The van der Waals surface area contributed by atoms with Crippen molar-refractivity contribution in [2.45, 2.75) is 45.0 Å². The van der Waals surface area contributed by atoms with Crippen LogP contribution in [0.3, 0.4) is 0 Å². The molecule has 0 spiro atoms. The summed E-state index contributed by atoms with van der Waals surface area (Å²) in [7, 11) is 0. The average molecular weight is 553 g/mol. The number of alkyl halides is 3. The maximum Gasteiger partial charge on any atom is 0.416 e. The minimum atomic E-state index is -4.64. The van der Waals surface area contributed by atoms with Crippen LogP contribution in [-0.2, 0) is 22.9 Å². The zero-order chi connectivity index (χ0) is 29.1. The SMILES string of the molecule is CCOc1cc(C(Cc2ccccc2C(F)(F)F)(Nc2ccc3c(N)nccc3c2)C(N)=O)ccc1OC(C)C. The highest BCUT2D eigenvalue weighted by Crippen LogP contribution is 2.40. The number of fused-ring (bicyclic) bond motifs is 1. The highest BCUT2D eigenvalue weighted by Gasteiger charge is 2.43. The van der Waals surface area contributed by atoms with Gasteiger partial charge in [-0.2, -0.15) is 13.2 Å². The van der Waals surface area contributed by atoms with Gasteiger partial charge in [0, 0.05) is 23.7 Å². The largest absolute Gasteiger partial charge is 0.490 e. The number of carbonyl (C=O) groups is 1. The number of carbonyl (C=O) groups excluding carboxylic acids is 1. The van der Waals surface area contributed by atoms with Gasteiger partial charge in [-0.3, -0.25) is 4.79 Å². The molecule has 0 saturated carbocycles. The molecule has 0 bridgehead atoms. The van der Waals surface area contributed by atoms with E-state index in [4.69, 9.17) is 20.9 Å². The minimum absolute atomic E-state index is 0.101. The van der Waals surface area contributed by atoms with Gasteiger partial charge in [-0.15, -0.1) is 0 Å². The Hall–Kier alpha value is -4.47. The molecule has 1 unspecified atom stereocenters. The zero-order valence-electron chi connectivity index (χ0n) is 22.4. The van der Waals surface area contributed by atoms with Crippen LogP contribution in [0.1, 0.15) is 37.5 Å². The molecule has 0 saturated heterocycles. The maximum atomic E-state index is 14.0. The normalized spacial score (nSPS) is 13.2. The summed E-state index contributed by atoms with van der Waals surface area (Å²) in [6.07, 6.45) is -3.66. The van der Waals surface area contributed by atoms with Crippen LogP contribution in [0.5, 0.6) is 11.5 Å². The quantitative estimate of drug-likeness (QED) is 0.221. The summed E-state index contributed by atoms with van der Waals surface area (Å²) in [5.74, 6) is 0.219. The van der Waals surface area contributed by atoms with E-state index in [1.807, 2.05) is 13.8 Å². The van der Waals surface area contributed by atoms with Crippen LogP contribution in [0.2, 0.25) is 0 Å². The van der Waals surface area contributed by atoms with E-state index in [1.165, 1.54) is 18.2 Å². The van der Waals surface area contributed by atoms with Crippen molar-refractivity contribution in [1.29, 1.82) is 0 Å². The van der Waals surface area contributed by atoms with Gasteiger partial charge >= 0.3 is 6.18 Å². The van der Waals surface area contributed by atoms with E-state index < -0.39 is 29.6 Å². The first-order chi connectivity index (χ1) is 18.9. The first kappa shape index (κ1) is 28.5. The first-order valence-electron chi connectivity index (χ1n) is 12.8. The monoisotopic (exact) mass is 552 g/mol. The summed E-state index contributed by atoms with van der Waals surface area (Å²) in [6.45, 7) is 5.80. The fourth-order valence-corrected chi connectivity index (χ4v) is 4.66. The van der Waals surface area contributed by atoms with Crippen LogP contribution >= 0.6 is 0 Å². The number of hydrogen-bond acceptors (Lipinski definition) is 6. The average Bonchev–Trinajstić information content (AvgIpc) is 2.89. The van der Waals surface area contributed by atoms with E-state index in [2.05, 4.69) is 10.3 Å². The molecule has 0 fully saturated rings. The Morgan fingerprint density at radius 2 is 1.77 bits per heavy atom. The van der Waals surface area contributed by atoms with E-state index in [0.717, 1.165) is 11.5 Å². The van der Waals surface area contributed by atoms with E-state index in [9.17, 15) is 18.0 Å². The van der Waals surface area contributed by atoms with Gasteiger partial charge < -0.3 is 26.3 Å². The molecule has 4 rings (SSSR count). The van der Waals surface area contributed by atoms with Crippen molar-refractivity contribution in [3.05, 3.63) is 89.6 Å². The minimum Gasteiger partial charge on any atom is -0.490 e. The molecule has 40 heavy (non-hydrogen) atoms. The Morgan fingerprint density at radius 1 is 1.02 bits per heavy atom. The van der Waals surface area contributed by atoms with Gasteiger partial charge in [-0.25, -0.2) is 4.98 Å². The van der Waals surface area contributed by atoms with Crippen molar-refractivity contribution in [1.82, 2.24) is 4.98 Å². The Morgan fingerprint density at radius 3 is 2.45 bits per heavy atom. The number of anilines is 2. The molecule has 4 aromatic rings. The van der Waals surface area contributed by atoms with Gasteiger partial charge in [0.15, 0.2) is 11.5 Å². The Bertz CT molecular complexity index is 1520. The lowest BCUT2D eigenvalue weighted by atomic mass is 9.81. The number of nitrogens with one attached hydrogen (secondary N) is 1. The number of nitrogens with two attached hydrogens (primary N) is 2. The molecule has 0 aliphatic heterocycles. The standard InChI is InChI=1S/C30H31F3N4O3/c1-4-39-26-16-21(9-12-25(26)40-18(2)3)29(28(35)38,17-20-7-5-6-8-24(20)30(31,32)33)37-22-10-11-23-19(15-22)13-14-36-27(23)34/h5-16,18,37H,4,17H2,1-3H3,(H2,34,36)(H2,35,38). The number of nitrogens with zero attached hydrogens (tertiary/aromatic N) is 1. The predicted molar refractivity (Wildman–Crippen MR) is 149 cm³/mol. The maximum absolute atomic E-state index is 14.0. The van der Waals surface area contributed by atoms with Gasteiger partial charge in [-0.1, -0.05) is 24.3 Å². The van der Waals surface area contributed by atoms with Crippen LogP contribution in [0.4, 0.5) is 24.7 Å². The molecule has 3 aromatic carbocycles. The molecular weight excluding hydrogens is 521 g/mol. The molecule has 210 valence electrons. The van der Waals surface area contributed by atoms with E-state index >= 15 is 0 Å². The predicted octanol–water partition coefficient (Wildman–Crippen LogP) is 6.06. The van der Waals surface area contributed by atoms with Gasteiger partial charge in [0.25, 0.3) is 0 Å². The number of benzene rings is 3. The fourth-order valence-electron chi connectivity index (χ4n) is 4.66. The van der Waals surface area contributed by atoms with Crippen molar-refractivity contribution in [3.8, 4) is 11.5 Å². The lowest BCUT2D eigenvalue weighted by Crippen LogP contribution is -2.50. The van der Waals surface area contributed by atoms with E-state index in [0.29, 0.717) is 40.6 Å². The van der Waals surface area contributed by atoms with Crippen LogP contribution in [0.25, 0.3) is 10.8 Å². The molecule has 5 N–H and O–H groups in total. The van der Waals surface area contributed by atoms with Crippen LogP contribution in [0.15, 0.2) is 72.9 Å². The van der Waals surface area contributed by atoms with E-state index in [1.54, 1.807) is 55.6 Å². The summed E-state index contributed by atoms with van der Waals surface area (Å²) in [4.78, 5) is 17.5. The zero-order valence-corrected chi connectivity index (χ0v) is 22.4. The number of nitrogen functional groups attached to an aromatic ring is 1. The molecule has 1 amide bonds. The lowest BCUT2D eigenvalue weighted by molar-refractivity contribution is -0.138. The van der Waals surface area contributed by atoms with Crippen molar-refractivity contribution >= 4 is 28.2 Å². The summed E-state index contributed by atoms with van der Waals surface area (Å²) in [6, 6.07) is 16.8.